The van der Waals surface area contributed by atoms with E-state index in [2.05, 4.69) is 20.6 Å². The van der Waals surface area contributed by atoms with Crippen LogP contribution in [0.3, 0.4) is 0 Å². The first-order valence-electron chi connectivity index (χ1n) is 14.8. The Balaban J connectivity index is 5.31. The van der Waals surface area contributed by atoms with Crippen LogP contribution in [-0.4, -0.2) is 105 Å². The molecule has 0 N–H and O–H groups in total. The lowest BCUT2D eigenvalue weighted by Gasteiger charge is -2.53. The van der Waals surface area contributed by atoms with Gasteiger partial charge in [-0.05, 0) is 0 Å². The van der Waals surface area contributed by atoms with Crippen LogP contribution in [0, 0.1) is 0 Å². The quantitative estimate of drug-likeness (QED) is 0.161. The van der Waals surface area contributed by atoms with E-state index in [-0.39, 0.29) is 0 Å². The minimum atomic E-state index is -8.63. The number of alkyl halides is 30. The van der Waals surface area contributed by atoms with E-state index >= 15 is 0 Å². The van der Waals surface area contributed by atoms with Gasteiger partial charge in [0, 0.05) is 0 Å². The summed E-state index contributed by atoms with van der Waals surface area (Å²) in [4.78, 5) is 0. The van der Waals surface area contributed by atoms with Crippen LogP contribution in [0.4, 0.5) is 132 Å². The van der Waals surface area contributed by atoms with E-state index in [9.17, 15) is 132 Å². The van der Waals surface area contributed by atoms with Gasteiger partial charge in [0.2, 0.25) is 0 Å². The molecule has 0 aliphatic carbocycles. The van der Waals surface area contributed by atoms with E-state index in [4.69, 9.17) is 0 Å². The second-order valence-corrected chi connectivity index (χ2v) is 29.7. The molecule has 360 valence electrons. The minimum Gasteiger partial charge on any atom is -0.415 e. The molecule has 0 aromatic rings. The Morgan fingerprint density at radius 1 is 0.167 bits per heavy atom. The number of halogens is 30. The smallest absolute Gasteiger partial charge is 0.391 e. The van der Waals surface area contributed by atoms with Gasteiger partial charge in [0.25, 0.3) is 0 Å². The zero-order chi connectivity index (χ0) is 48.1. The van der Waals surface area contributed by atoms with Crippen LogP contribution in [0.15, 0.2) is 0 Å². The van der Waals surface area contributed by atoms with Crippen molar-refractivity contribution in [2.24, 2.45) is 0 Å². The van der Waals surface area contributed by atoms with Crippen molar-refractivity contribution in [3.8, 4) is 0 Å². The Morgan fingerprint density at radius 2 is 0.233 bits per heavy atom. The van der Waals surface area contributed by atoms with E-state index in [1.165, 1.54) is 0 Å². The summed E-state index contributed by atoms with van der Waals surface area (Å²) in [5.41, 5.74) is 0. The van der Waals surface area contributed by atoms with Gasteiger partial charge in [-0.15, -0.1) is 0 Å². The van der Waals surface area contributed by atoms with Gasteiger partial charge in [-0.3, -0.25) is 0 Å². The normalized spacial score (nSPS) is 21.5. The summed E-state index contributed by atoms with van der Waals surface area (Å²) in [6, 6.07) is -41.8. The van der Waals surface area contributed by atoms with Crippen molar-refractivity contribution >= 4 is 42.8 Å². The molecule has 0 aromatic carbocycles. The molecule has 5 nitrogen and oxygen atoms in total. The lowest BCUT2D eigenvalue weighted by atomic mass is 10.8. The highest BCUT2D eigenvalue weighted by molar-refractivity contribution is 6.95. The van der Waals surface area contributed by atoms with Crippen LogP contribution >= 0.6 is 0 Å². The highest BCUT2D eigenvalue weighted by Gasteiger charge is 2.75. The maximum Gasteiger partial charge on any atom is 0.391 e. The molecule has 60 heavy (non-hydrogen) atoms. The van der Waals surface area contributed by atoms with Gasteiger partial charge in [-0.2, -0.15) is 132 Å². The molecule has 1 aliphatic rings. The van der Waals surface area contributed by atoms with Crippen LogP contribution in [-0.2, 0) is 20.6 Å². The highest BCUT2D eigenvalue weighted by atomic mass is 28.5. The molecular formula is C20H20F30O5Si5. The predicted molar refractivity (Wildman–Crippen MR) is 143 cm³/mol. The van der Waals surface area contributed by atoms with E-state index in [1.807, 2.05) is 0 Å². The first-order chi connectivity index (χ1) is 25.6. The third-order valence-corrected chi connectivity index (χ3v) is 30.8. The first kappa shape index (κ1) is 56.8. The molecule has 40 heteroatoms. The molecule has 0 spiro atoms. The fourth-order valence-electron chi connectivity index (χ4n) is 5.89. The summed E-state index contributed by atoms with van der Waals surface area (Å²) < 4.78 is 442. The average Bonchev–Trinajstić information content (AvgIpc) is 2.69. The largest absolute Gasteiger partial charge is 0.415 e. The summed E-state index contributed by atoms with van der Waals surface area (Å²) >= 11 is 0. The first-order valence-corrected chi connectivity index (χ1v) is 25.9. The molecule has 0 amide bonds. The molecule has 1 aliphatic heterocycles. The molecule has 1 saturated heterocycles. The summed E-state index contributed by atoms with van der Waals surface area (Å²) in [7, 11) is -43.2. The second kappa shape index (κ2) is 17.3. The number of hydrogen-bond donors (Lipinski definition) is 0. The van der Waals surface area contributed by atoms with Crippen molar-refractivity contribution in [2.45, 2.75) is 122 Å². The summed E-state index contributed by atoms with van der Waals surface area (Å²) in [5, 5.41) is 0. The van der Waals surface area contributed by atoms with E-state index in [1.54, 1.807) is 0 Å². The standard InChI is InChI=1S/C20H20F30O5Si5/c21-11(22,23)1-56(2-12(24,25)26)51-57(3-13(27,28)29,4-14(30,31)32)53-59(7-17(39,40)41,8-18(42,43)44)55-60(9-19(45,46)47,10-20(48,49)50)54-58(52-56,5-15(33,34)35)6-16(36,37)38/h1-10H2. The van der Waals surface area contributed by atoms with E-state index in [0.29, 0.717) is 0 Å². The van der Waals surface area contributed by atoms with Gasteiger partial charge < -0.3 is 20.6 Å². The monoisotopic (exact) mass is 1050 g/mol. The van der Waals surface area contributed by atoms with Crippen molar-refractivity contribution in [2.75, 3.05) is 0 Å². The number of hydrogen-bond acceptors (Lipinski definition) is 5. The summed E-state index contributed by atoms with van der Waals surface area (Å²) in [6.07, 6.45) is -68.8. The van der Waals surface area contributed by atoms with E-state index in [0.717, 1.165) is 0 Å². The van der Waals surface area contributed by atoms with E-state index < -0.39 is 165 Å². The van der Waals surface area contributed by atoms with Crippen LogP contribution in [0.1, 0.15) is 0 Å². The van der Waals surface area contributed by atoms with Crippen LogP contribution in [0.5, 0.6) is 0 Å². The Morgan fingerprint density at radius 3 is 0.283 bits per heavy atom. The molecule has 0 saturated carbocycles. The molecule has 0 aromatic heterocycles. The average molecular weight is 1050 g/mol. The van der Waals surface area contributed by atoms with Crippen LogP contribution in [0.2, 0.25) is 60.4 Å². The summed E-state index contributed by atoms with van der Waals surface area (Å²) in [6.45, 7) is 0. The molecule has 0 unspecified atom stereocenters. The molecule has 0 atom stereocenters. The molecule has 1 heterocycles. The third kappa shape index (κ3) is 22.4. The third-order valence-electron chi connectivity index (χ3n) is 6.56. The Kier molecular flexibility index (Phi) is 16.4. The van der Waals surface area contributed by atoms with Crippen LogP contribution < -0.4 is 0 Å². The van der Waals surface area contributed by atoms with Gasteiger partial charge in [0.05, 0.1) is 60.4 Å². The number of rotatable bonds is 10. The van der Waals surface area contributed by atoms with Crippen molar-refractivity contribution in [1.29, 1.82) is 0 Å². The van der Waals surface area contributed by atoms with Crippen molar-refractivity contribution < 1.29 is 152 Å². The minimum absolute atomic E-state index is 3.91. The van der Waals surface area contributed by atoms with Gasteiger partial charge >= 0.3 is 105 Å². The molecule has 1 fully saturated rings. The molecule has 1 rings (SSSR count). The van der Waals surface area contributed by atoms with Crippen molar-refractivity contribution in [3.63, 3.8) is 0 Å². The van der Waals surface area contributed by atoms with Crippen molar-refractivity contribution in [3.05, 3.63) is 0 Å². The molecular weight excluding hydrogens is 1030 g/mol. The zero-order valence-electron chi connectivity index (χ0n) is 28.0. The Hall–Kier alpha value is -1.22. The maximum atomic E-state index is 14.1. The van der Waals surface area contributed by atoms with Gasteiger partial charge in [-0.1, -0.05) is 0 Å². The molecule has 0 radical (unpaired) electrons. The summed E-state index contributed by atoms with van der Waals surface area (Å²) in [5.74, 6) is 0. The van der Waals surface area contributed by atoms with Gasteiger partial charge in [0.1, 0.15) is 0 Å². The lowest BCUT2D eigenvalue weighted by Crippen LogP contribution is -2.74. The Bertz CT molecular complexity index is 1060. The fraction of sp³-hybridized carbons (Fsp3) is 1.00. The van der Waals surface area contributed by atoms with Gasteiger partial charge in [0.15, 0.2) is 0 Å². The van der Waals surface area contributed by atoms with Crippen LogP contribution in [0.25, 0.3) is 0 Å². The fourth-order valence-corrected chi connectivity index (χ4v) is 34.7. The predicted octanol–water partition coefficient (Wildman–Crippen LogP) is 12.9. The Labute approximate surface area is 317 Å². The second-order valence-electron chi connectivity index (χ2n) is 13.0. The van der Waals surface area contributed by atoms with Crippen molar-refractivity contribution in [1.82, 2.24) is 0 Å². The maximum absolute atomic E-state index is 14.1. The zero-order valence-corrected chi connectivity index (χ0v) is 33.0. The topological polar surface area (TPSA) is 46.2 Å². The van der Waals surface area contributed by atoms with Gasteiger partial charge in [-0.25, -0.2) is 0 Å². The lowest BCUT2D eigenvalue weighted by molar-refractivity contribution is -0.132. The highest BCUT2D eigenvalue weighted by Crippen LogP contribution is 2.55. The molecule has 0 bridgehead atoms. The SMILES string of the molecule is FC(F)(F)C[Si]1(CC(F)(F)F)O[Si](CC(F)(F)F)(CC(F)(F)F)O[Si](CC(F)(F)F)(CC(F)(F)F)O[Si](CC(F)(F)F)(CC(F)(F)F)O[Si](CC(F)(F)F)(CC(F)(F)F)O1.